The molecule has 1 saturated heterocycles. The molecule has 0 atom stereocenters. The second kappa shape index (κ2) is 5.32. The summed E-state index contributed by atoms with van der Waals surface area (Å²) in [6.45, 7) is 1.65. The summed E-state index contributed by atoms with van der Waals surface area (Å²) in [5, 5.41) is 1.02. The van der Waals surface area contributed by atoms with E-state index < -0.39 is 10.0 Å². The number of nitrogens with zero attached hydrogens (tertiary/aromatic N) is 1. The Hall–Kier alpha value is -0.380. The third-order valence-electron chi connectivity index (χ3n) is 3.27. The number of halogens is 2. The van der Waals surface area contributed by atoms with Gasteiger partial charge in [-0.15, -0.1) is 0 Å². The molecule has 100 valence electrons. The minimum absolute atomic E-state index is 0.00241. The van der Waals surface area contributed by atoms with Crippen LogP contribution in [0.25, 0.3) is 0 Å². The van der Waals surface area contributed by atoms with Crippen LogP contribution in [0.5, 0.6) is 0 Å². The van der Waals surface area contributed by atoms with Gasteiger partial charge in [0.1, 0.15) is 0 Å². The van der Waals surface area contributed by atoms with Gasteiger partial charge in [-0.3, -0.25) is 4.79 Å². The van der Waals surface area contributed by atoms with Crippen LogP contribution in [-0.2, 0) is 0 Å². The smallest absolute Gasteiger partial charge is 0.255 e. The maximum Gasteiger partial charge on any atom is 0.255 e. The predicted molar refractivity (Wildman–Crippen MR) is 81.5 cm³/mol. The lowest BCUT2D eigenvalue weighted by atomic mass is 10.2. The quantitative estimate of drug-likeness (QED) is 0.777. The van der Waals surface area contributed by atoms with E-state index in [1.54, 1.807) is 18.2 Å². The molecular weight excluding hydrogens is 289 g/mol. The second-order valence-electron chi connectivity index (χ2n) is 5.09. The Morgan fingerprint density at radius 1 is 1.22 bits per heavy atom. The first-order valence-corrected chi connectivity index (χ1v) is 9.36. The second-order valence-corrected chi connectivity index (χ2v) is 10.3. The van der Waals surface area contributed by atoms with Crippen molar-refractivity contribution >= 4 is 39.1 Å². The van der Waals surface area contributed by atoms with Gasteiger partial charge in [0.05, 0.1) is 10.6 Å². The van der Waals surface area contributed by atoms with Gasteiger partial charge in [-0.1, -0.05) is 23.2 Å². The molecule has 0 N–H and O–H groups in total. The number of rotatable bonds is 1. The lowest BCUT2D eigenvalue weighted by Gasteiger charge is -2.41. The summed E-state index contributed by atoms with van der Waals surface area (Å²) in [6.07, 6.45) is 4.64. The molecule has 0 aliphatic carbocycles. The van der Waals surface area contributed by atoms with Crippen LogP contribution in [0.2, 0.25) is 10.0 Å². The molecule has 0 aromatic heterocycles. The third-order valence-corrected chi connectivity index (χ3v) is 6.41. The average Bonchev–Trinajstić information content (AvgIpc) is 2.31. The normalized spacial score (nSPS) is 20.6. The molecule has 1 heterocycles. The van der Waals surface area contributed by atoms with Crippen molar-refractivity contribution in [3.63, 3.8) is 0 Å². The van der Waals surface area contributed by atoms with Gasteiger partial charge < -0.3 is 4.90 Å². The van der Waals surface area contributed by atoms with Crippen LogP contribution >= 0.6 is 33.2 Å². The summed E-state index contributed by atoms with van der Waals surface area (Å²) in [5.74, 6) is 2.21. The molecule has 18 heavy (non-hydrogen) atoms. The number of hydrogen-bond donors (Lipinski definition) is 0. The molecule has 0 saturated carbocycles. The van der Waals surface area contributed by atoms with Crippen LogP contribution in [-0.4, -0.2) is 47.9 Å². The maximum atomic E-state index is 12.4. The fourth-order valence-corrected chi connectivity index (χ4v) is 3.97. The zero-order chi connectivity index (χ0) is 13.3. The van der Waals surface area contributed by atoms with Gasteiger partial charge in [-0.2, -0.15) is 0 Å². The van der Waals surface area contributed by atoms with Gasteiger partial charge in [0, 0.05) is 18.1 Å². The van der Waals surface area contributed by atoms with Crippen molar-refractivity contribution in [1.82, 2.24) is 4.90 Å². The van der Waals surface area contributed by atoms with E-state index in [-0.39, 0.29) is 5.91 Å². The Balaban J connectivity index is 2.15. The summed E-state index contributed by atoms with van der Waals surface area (Å²) in [5.41, 5.74) is 0.513. The molecule has 1 aromatic rings. The molecular formula is C13H17Cl2NOS. The van der Waals surface area contributed by atoms with Crippen LogP contribution in [0.4, 0.5) is 0 Å². The van der Waals surface area contributed by atoms with E-state index >= 15 is 0 Å². The molecule has 0 bridgehead atoms. The molecule has 1 fully saturated rings. The summed E-state index contributed by atoms with van der Waals surface area (Å²) < 4.78 is 0. The van der Waals surface area contributed by atoms with Crippen LogP contribution in [0.15, 0.2) is 18.2 Å². The third kappa shape index (κ3) is 3.14. The van der Waals surface area contributed by atoms with E-state index in [4.69, 9.17) is 23.2 Å². The van der Waals surface area contributed by atoms with Crippen molar-refractivity contribution in [3.8, 4) is 0 Å². The zero-order valence-electron chi connectivity index (χ0n) is 10.6. The van der Waals surface area contributed by atoms with Gasteiger partial charge in [-0.25, -0.2) is 10.0 Å². The van der Waals surface area contributed by atoms with Gasteiger partial charge in [0.25, 0.3) is 5.91 Å². The number of amides is 1. The molecule has 2 rings (SSSR count). The van der Waals surface area contributed by atoms with E-state index in [1.165, 1.54) is 0 Å². The highest BCUT2D eigenvalue weighted by Crippen LogP contribution is 2.41. The molecule has 1 aliphatic rings. The Morgan fingerprint density at radius 3 is 2.44 bits per heavy atom. The van der Waals surface area contributed by atoms with Crippen molar-refractivity contribution in [1.29, 1.82) is 0 Å². The van der Waals surface area contributed by atoms with Crippen molar-refractivity contribution in [2.24, 2.45) is 0 Å². The van der Waals surface area contributed by atoms with Crippen molar-refractivity contribution in [2.75, 3.05) is 37.1 Å². The Kier molecular flexibility index (Phi) is 4.15. The van der Waals surface area contributed by atoms with Crippen LogP contribution in [0, 0.1) is 0 Å². The highest BCUT2D eigenvalue weighted by atomic mass is 35.5. The molecule has 1 amide bonds. The fourth-order valence-electron chi connectivity index (χ4n) is 1.96. The minimum atomic E-state index is -0.503. The zero-order valence-corrected chi connectivity index (χ0v) is 12.9. The molecule has 5 heteroatoms. The largest absolute Gasteiger partial charge is 0.337 e. The molecule has 0 unspecified atom stereocenters. The first-order valence-electron chi connectivity index (χ1n) is 5.82. The summed E-state index contributed by atoms with van der Waals surface area (Å²) in [4.78, 5) is 14.3. The van der Waals surface area contributed by atoms with Crippen molar-refractivity contribution < 1.29 is 4.79 Å². The fraction of sp³-hybridized carbons (Fsp3) is 0.462. The molecule has 1 aromatic carbocycles. The van der Waals surface area contributed by atoms with Gasteiger partial charge in [0.15, 0.2) is 0 Å². The average molecular weight is 306 g/mol. The summed E-state index contributed by atoms with van der Waals surface area (Å²) in [7, 11) is -0.503. The number of benzene rings is 1. The predicted octanol–water partition coefficient (Wildman–Crippen LogP) is 3.51. The number of carbonyl (C=O) groups is 1. The van der Waals surface area contributed by atoms with E-state index in [9.17, 15) is 4.79 Å². The number of hydrogen-bond acceptors (Lipinski definition) is 1. The Bertz CT molecular complexity index is 466. The lowest BCUT2D eigenvalue weighted by molar-refractivity contribution is 0.0771. The van der Waals surface area contributed by atoms with Crippen LogP contribution < -0.4 is 0 Å². The Morgan fingerprint density at radius 2 is 1.83 bits per heavy atom. The van der Waals surface area contributed by atoms with E-state index in [2.05, 4.69) is 12.5 Å². The lowest BCUT2D eigenvalue weighted by Crippen LogP contribution is -2.41. The van der Waals surface area contributed by atoms with Gasteiger partial charge in [-0.05, 0) is 42.2 Å². The molecule has 0 spiro atoms. The highest BCUT2D eigenvalue weighted by Gasteiger charge is 2.26. The summed E-state index contributed by atoms with van der Waals surface area (Å²) in [6, 6.07) is 5.03. The minimum Gasteiger partial charge on any atom is -0.337 e. The van der Waals surface area contributed by atoms with E-state index in [0.717, 1.165) is 24.6 Å². The van der Waals surface area contributed by atoms with Crippen LogP contribution in [0.1, 0.15) is 10.4 Å². The highest BCUT2D eigenvalue weighted by molar-refractivity contribution is 8.32. The summed E-state index contributed by atoms with van der Waals surface area (Å²) >= 11 is 12.0. The van der Waals surface area contributed by atoms with Gasteiger partial charge in [0.2, 0.25) is 0 Å². The Labute approximate surface area is 120 Å². The topological polar surface area (TPSA) is 20.3 Å². The molecule has 0 radical (unpaired) electrons. The SMILES string of the molecule is CS1(C)CCN(C(=O)c2cc(Cl)ccc2Cl)CC1. The van der Waals surface area contributed by atoms with Gasteiger partial charge >= 0.3 is 0 Å². The standard InChI is InChI=1S/C13H17Cl2NOS/c1-18(2)7-5-16(6-8-18)13(17)11-9-10(14)3-4-12(11)15/h3-4,9H,5-8H2,1-2H3. The molecule has 1 aliphatic heterocycles. The van der Waals surface area contributed by atoms with Crippen LogP contribution in [0.3, 0.4) is 0 Å². The van der Waals surface area contributed by atoms with E-state index in [0.29, 0.717) is 15.6 Å². The maximum absolute atomic E-state index is 12.4. The number of carbonyl (C=O) groups excluding carboxylic acids is 1. The molecule has 2 nitrogen and oxygen atoms in total. The van der Waals surface area contributed by atoms with Crippen molar-refractivity contribution in [2.45, 2.75) is 0 Å². The first-order chi connectivity index (χ1) is 8.39. The first kappa shape index (κ1) is 14.0. The van der Waals surface area contributed by atoms with E-state index in [1.807, 2.05) is 4.90 Å². The van der Waals surface area contributed by atoms with Crippen molar-refractivity contribution in [3.05, 3.63) is 33.8 Å². The monoisotopic (exact) mass is 305 g/mol.